The first-order valence-electron chi connectivity index (χ1n) is 7.37. The molecule has 5 nitrogen and oxygen atoms in total. The normalized spacial score (nSPS) is 28.2. The minimum absolute atomic E-state index is 0.00661. The molecule has 5 heteroatoms. The molecule has 2 aliphatic rings. The standard InChI is InChI=1S/C16H23N3O2/c1-15(2,3)16-8-13(18(10-16)14(20)21)9-19(16)12-6-4-11(17)5-7-12/h4-7,13H,8-10,17H2,1-3H3,(H,20,21)/t13-,16?/m0/s1. The molecule has 2 fully saturated rings. The van der Waals surface area contributed by atoms with Gasteiger partial charge in [-0.15, -0.1) is 0 Å². The number of hydrogen-bond acceptors (Lipinski definition) is 3. The van der Waals surface area contributed by atoms with Crippen LogP contribution in [-0.2, 0) is 0 Å². The van der Waals surface area contributed by atoms with Crippen LogP contribution < -0.4 is 10.6 Å². The second-order valence-electron chi connectivity index (χ2n) is 7.25. The number of piperazine rings is 1. The van der Waals surface area contributed by atoms with Crippen molar-refractivity contribution in [1.82, 2.24) is 4.90 Å². The van der Waals surface area contributed by atoms with E-state index in [4.69, 9.17) is 5.73 Å². The lowest BCUT2D eigenvalue weighted by atomic mass is 9.72. The molecule has 3 rings (SSSR count). The maximum atomic E-state index is 11.4. The Morgan fingerprint density at radius 3 is 2.48 bits per heavy atom. The molecule has 2 atom stereocenters. The summed E-state index contributed by atoms with van der Waals surface area (Å²) in [6.07, 6.45) is 0.0933. The number of amides is 1. The van der Waals surface area contributed by atoms with Crippen LogP contribution in [0, 0.1) is 5.41 Å². The minimum Gasteiger partial charge on any atom is -0.465 e. The number of carboxylic acid groups (broad SMARTS) is 1. The van der Waals surface area contributed by atoms with Crippen LogP contribution in [0.2, 0.25) is 0 Å². The van der Waals surface area contributed by atoms with Crippen molar-refractivity contribution in [2.75, 3.05) is 23.7 Å². The van der Waals surface area contributed by atoms with Gasteiger partial charge in [-0.3, -0.25) is 0 Å². The zero-order chi connectivity index (χ0) is 15.4. The van der Waals surface area contributed by atoms with Crippen LogP contribution in [0.5, 0.6) is 0 Å². The predicted molar refractivity (Wildman–Crippen MR) is 83.5 cm³/mol. The van der Waals surface area contributed by atoms with Crippen LogP contribution in [0.4, 0.5) is 16.2 Å². The fraction of sp³-hybridized carbons (Fsp3) is 0.562. The fourth-order valence-electron chi connectivity index (χ4n) is 3.90. The summed E-state index contributed by atoms with van der Waals surface area (Å²) in [5.74, 6) is 0. The topological polar surface area (TPSA) is 69.8 Å². The van der Waals surface area contributed by atoms with E-state index in [1.807, 2.05) is 24.3 Å². The third-order valence-electron chi connectivity index (χ3n) is 5.20. The Hall–Kier alpha value is -1.91. The molecule has 1 amide bonds. The number of likely N-dealkylation sites (tertiary alicyclic amines) is 1. The number of hydrogen-bond donors (Lipinski definition) is 2. The molecule has 0 saturated carbocycles. The van der Waals surface area contributed by atoms with Crippen LogP contribution in [0.1, 0.15) is 27.2 Å². The van der Waals surface area contributed by atoms with E-state index in [1.54, 1.807) is 4.90 Å². The maximum absolute atomic E-state index is 11.4. The van der Waals surface area contributed by atoms with E-state index in [9.17, 15) is 9.90 Å². The summed E-state index contributed by atoms with van der Waals surface area (Å²) in [6, 6.07) is 7.97. The van der Waals surface area contributed by atoms with Crippen molar-refractivity contribution >= 4 is 17.5 Å². The zero-order valence-corrected chi connectivity index (χ0v) is 12.8. The van der Waals surface area contributed by atoms with Crippen LogP contribution in [0.3, 0.4) is 0 Å². The van der Waals surface area contributed by atoms with Crippen molar-refractivity contribution in [3.8, 4) is 0 Å². The highest BCUT2D eigenvalue weighted by Gasteiger charge is 2.61. The Kier molecular flexibility index (Phi) is 2.87. The van der Waals surface area contributed by atoms with Crippen molar-refractivity contribution in [2.24, 2.45) is 5.41 Å². The Bertz CT molecular complexity index is 564. The number of fused-ring (bicyclic) bond motifs is 2. The molecule has 1 aromatic carbocycles. The van der Waals surface area contributed by atoms with Gasteiger partial charge in [0.1, 0.15) is 0 Å². The fourth-order valence-corrected chi connectivity index (χ4v) is 3.90. The van der Waals surface area contributed by atoms with Gasteiger partial charge in [-0.05, 0) is 36.1 Å². The summed E-state index contributed by atoms with van der Waals surface area (Å²) in [5.41, 5.74) is 7.51. The monoisotopic (exact) mass is 289 g/mol. The van der Waals surface area contributed by atoms with E-state index < -0.39 is 6.09 Å². The molecule has 2 bridgehead atoms. The number of anilines is 2. The minimum atomic E-state index is -0.803. The van der Waals surface area contributed by atoms with Crippen molar-refractivity contribution in [3.63, 3.8) is 0 Å². The maximum Gasteiger partial charge on any atom is 0.407 e. The van der Waals surface area contributed by atoms with Gasteiger partial charge in [0.15, 0.2) is 0 Å². The Labute approximate surface area is 125 Å². The van der Waals surface area contributed by atoms with Crippen LogP contribution >= 0.6 is 0 Å². The van der Waals surface area contributed by atoms with E-state index in [0.29, 0.717) is 6.54 Å². The van der Waals surface area contributed by atoms with Crippen molar-refractivity contribution in [3.05, 3.63) is 24.3 Å². The molecule has 1 aromatic rings. The molecular weight excluding hydrogens is 266 g/mol. The van der Waals surface area contributed by atoms with Crippen molar-refractivity contribution in [1.29, 1.82) is 0 Å². The highest BCUT2D eigenvalue weighted by molar-refractivity contribution is 5.69. The van der Waals surface area contributed by atoms with Gasteiger partial charge >= 0.3 is 6.09 Å². The van der Waals surface area contributed by atoms with Gasteiger partial charge in [-0.2, -0.15) is 0 Å². The molecule has 3 N–H and O–H groups in total. The average molecular weight is 289 g/mol. The van der Waals surface area contributed by atoms with Gasteiger partial charge in [-0.1, -0.05) is 20.8 Å². The highest BCUT2D eigenvalue weighted by Crippen LogP contribution is 2.51. The molecule has 2 heterocycles. The van der Waals surface area contributed by atoms with Gasteiger partial charge < -0.3 is 20.6 Å². The third kappa shape index (κ3) is 1.94. The first-order valence-corrected chi connectivity index (χ1v) is 7.37. The quantitative estimate of drug-likeness (QED) is 0.780. The summed E-state index contributed by atoms with van der Waals surface area (Å²) >= 11 is 0. The largest absolute Gasteiger partial charge is 0.465 e. The molecule has 2 aliphatic heterocycles. The number of nitrogen functional groups attached to an aromatic ring is 1. The Balaban J connectivity index is 2.00. The summed E-state index contributed by atoms with van der Waals surface area (Å²) < 4.78 is 0. The van der Waals surface area contributed by atoms with Gasteiger partial charge in [0.25, 0.3) is 0 Å². The zero-order valence-electron chi connectivity index (χ0n) is 12.8. The molecule has 21 heavy (non-hydrogen) atoms. The molecule has 114 valence electrons. The van der Waals surface area contributed by atoms with Crippen molar-refractivity contribution < 1.29 is 9.90 Å². The number of rotatable bonds is 1. The average Bonchev–Trinajstić information content (AvgIpc) is 2.95. The molecule has 0 spiro atoms. The van der Waals surface area contributed by atoms with Gasteiger partial charge in [-0.25, -0.2) is 4.79 Å². The van der Waals surface area contributed by atoms with Crippen LogP contribution in [0.25, 0.3) is 0 Å². The van der Waals surface area contributed by atoms with E-state index in [1.165, 1.54) is 0 Å². The van der Waals surface area contributed by atoms with E-state index in [2.05, 4.69) is 25.7 Å². The second kappa shape index (κ2) is 4.29. The summed E-state index contributed by atoms with van der Waals surface area (Å²) in [4.78, 5) is 15.4. The molecule has 2 saturated heterocycles. The molecule has 1 unspecified atom stereocenters. The second-order valence-corrected chi connectivity index (χ2v) is 7.25. The SMILES string of the molecule is CC(C)(C)C12C[C@@H](CN1c1ccc(N)cc1)N(C(=O)O)C2. The lowest BCUT2D eigenvalue weighted by molar-refractivity contribution is 0.116. The summed E-state index contributed by atoms with van der Waals surface area (Å²) in [7, 11) is 0. The number of carbonyl (C=O) groups is 1. The lowest BCUT2D eigenvalue weighted by Crippen LogP contribution is -2.61. The first kappa shape index (κ1) is 14.0. The highest BCUT2D eigenvalue weighted by atomic mass is 16.4. The van der Waals surface area contributed by atoms with Crippen LogP contribution in [-0.4, -0.2) is 40.8 Å². The lowest BCUT2D eigenvalue weighted by Gasteiger charge is -2.50. The summed E-state index contributed by atoms with van der Waals surface area (Å²) in [6.45, 7) is 7.93. The third-order valence-corrected chi connectivity index (χ3v) is 5.20. The Morgan fingerprint density at radius 1 is 1.33 bits per heavy atom. The molecule has 0 aliphatic carbocycles. The molecular formula is C16H23N3O2. The first-order chi connectivity index (χ1) is 9.74. The van der Waals surface area contributed by atoms with E-state index in [-0.39, 0.29) is 17.0 Å². The van der Waals surface area contributed by atoms with Crippen LogP contribution in [0.15, 0.2) is 24.3 Å². The van der Waals surface area contributed by atoms with Gasteiger partial charge in [0, 0.05) is 24.5 Å². The van der Waals surface area contributed by atoms with Gasteiger partial charge in [0.05, 0.1) is 11.6 Å². The van der Waals surface area contributed by atoms with Crippen molar-refractivity contribution in [2.45, 2.75) is 38.8 Å². The number of nitrogens with two attached hydrogens (primary N) is 1. The smallest absolute Gasteiger partial charge is 0.407 e. The summed E-state index contributed by atoms with van der Waals surface area (Å²) in [5, 5.41) is 9.40. The molecule has 0 radical (unpaired) electrons. The predicted octanol–water partition coefficient (Wildman–Crippen LogP) is 2.63. The number of benzene rings is 1. The van der Waals surface area contributed by atoms with E-state index >= 15 is 0 Å². The van der Waals surface area contributed by atoms with E-state index in [0.717, 1.165) is 24.3 Å². The molecule has 0 aromatic heterocycles. The number of nitrogens with zero attached hydrogens (tertiary/aromatic N) is 2. The van der Waals surface area contributed by atoms with Gasteiger partial charge in [0.2, 0.25) is 0 Å². The Morgan fingerprint density at radius 2 is 1.95 bits per heavy atom.